The third-order valence-corrected chi connectivity index (χ3v) is 5.15. The number of carbonyl (C=O) groups excluding carboxylic acids is 1. The zero-order chi connectivity index (χ0) is 20.2. The third-order valence-electron chi connectivity index (χ3n) is 3.77. The standard InChI is InChI=1S/C20H13Cl2N3O3S/c21-12-8-14(22)19(23-10-12)28-16-5-2-1-4-15(16)25-18(26)9-13-11-29-20(24-13)17-6-3-7-27-17/h1-8,10-11H,9H2,(H,25,26). The van der Waals surface area contributed by atoms with Gasteiger partial charge in [0, 0.05) is 11.6 Å². The van der Waals surface area contributed by atoms with Crippen LogP contribution < -0.4 is 10.1 Å². The van der Waals surface area contributed by atoms with Gasteiger partial charge < -0.3 is 14.5 Å². The fourth-order valence-electron chi connectivity index (χ4n) is 2.50. The lowest BCUT2D eigenvalue weighted by Crippen LogP contribution is -2.15. The smallest absolute Gasteiger partial charge is 0.238 e. The van der Waals surface area contributed by atoms with E-state index < -0.39 is 0 Å². The number of pyridine rings is 1. The predicted molar refractivity (Wildman–Crippen MR) is 113 cm³/mol. The first-order valence-electron chi connectivity index (χ1n) is 8.44. The molecule has 0 aliphatic heterocycles. The molecule has 0 spiro atoms. The van der Waals surface area contributed by atoms with Gasteiger partial charge in [0.05, 0.1) is 29.1 Å². The largest absolute Gasteiger partial charge is 0.462 e. The highest BCUT2D eigenvalue weighted by atomic mass is 35.5. The van der Waals surface area contributed by atoms with Gasteiger partial charge in [-0.25, -0.2) is 9.97 Å². The molecular weight excluding hydrogens is 433 g/mol. The number of ether oxygens (including phenoxy) is 1. The Hall–Kier alpha value is -2.87. The molecule has 0 saturated heterocycles. The highest BCUT2D eigenvalue weighted by Gasteiger charge is 2.14. The number of benzene rings is 1. The molecule has 0 saturated carbocycles. The van der Waals surface area contributed by atoms with Crippen molar-refractivity contribution in [3.05, 3.63) is 76.0 Å². The molecule has 29 heavy (non-hydrogen) atoms. The van der Waals surface area contributed by atoms with Gasteiger partial charge in [-0.2, -0.15) is 0 Å². The van der Waals surface area contributed by atoms with Crippen molar-refractivity contribution in [3.63, 3.8) is 0 Å². The monoisotopic (exact) mass is 445 g/mol. The molecule has 0 unspecified atom stereocenters. The van der Waals surface area contributed by atoms with E-state index in [1.54, 1.807) is 36.6 Å². The Morgan fingerprint density at radius 3 is 2.86 bits per heavy atom. The van der Waals surface area contributed by atoms with Crippen LogP contribution in [0.3, 0.4) is 0 Å². The van der Waals surface area contributed by atoms with Crippen molar-refractivity contribution in [1.29, 1.82) is 0 Å². The summed E-state index contributed by atoms with van der Waals surface area (Å²) < 4.78 is 11.1. The average molecular weight is 446 g/mol. The van der Waals surface area contributed by atoms with E-state index in [0.29, 0.717) is 27.9 Å². The first-order chi connectivity index (χ1) is 14.1. The number of thiazole rings is 1. The SMILES string of the molecule is O=C(Cc1csc(-c2ccco2)n1)Nc1ccccc1Oc1ncc(Cl)cc1Cl. The van der Waals surface area contributed by atoms with Gasteiger partial charge in [-0.05, 0) is 30.3 Å². The Balaban J connectivity index is 1.46. The Labute approximate surface area is 180 Å². The maximum atomic E-state index is 12.5. The molecule has 0 atom stereocenters. The molecule has 1 N–H and O–H groups in total. The topological polar surface area (TPSA) is 77.2 Å². The van der Waals surface area contributed by atoms with E-state index in [-0.39, 0.29) is 23.2 Å². The summed E-state index contributed by atoms with van der Waals surface area (Å²) in [6, 6.07) is 12.2. The maximum Gasteiger partial charge on any atom is 0.238 e. The third kappa shape index (κ3) is 4.76. The van der Waals surface area contributed by atoms with Gasteiger partial charge in [-0.3, -0.25) is 4.79 Å². The molecular formula is C20H13Cl2N3O3S. The first kappa shape index (κ1) is 19.4. The minimum Gasteiger partial charge on any atom is -0.462 e. The molecule has 3 heterocycles. The number of nitrogens with one attached hydrogen (secondary N) is 1. The molecule has 0 bridgehead atoms. The van der Waals surface area contributed by atoms with E-state index in [2.05, 4.69) is 15.3 Å². The molecule has 4 aromatic rings. The predicted octanol–water partition coefficient (Wildman–Crippen LogP) is 6.08. The Morgan fingerprint density at radius 1 is 1.21 bits per heavy atom. The first-order valence-corrected chi connectivity index (χ1v) is 10.1. The van der Waals surface area contributed by atoms with Crippen LogP contribution in [-0.2, 0) is 11.2 Å². The van der Waals surface area contributed by atoms with Crippen molar-refractivity contribution in [2.75, 3.05) is 5.32 Å². The van der Waals surface area contributed by atoms with E-state index in [1.165, 1.54) is 23.6 Å². The van der Waals surface area contributed by atoms with Gasteiger partial charge in [0.15, 0.2) is 16.5 Å². The number of halogens is 2. The number of rotatable bonds is 6. The number of hydrogen-bond acceptors (Lipinski definition) is 6. The number of hydrogen-bond donors (Lipinski definition) is 1. The summed E-state index contributed by atoms with van der Waals surface area (Å²) in [6.45, 7) is 0. The van der Waals surface area contributed by atoms with Crippen molar-refractivity contribution in [2.45, 2.75) is 6.42 Å². The Bertz CT molecular complexity index is 1150. The van der Waals surface area contributed by atoms with Crippen molar-refractivity contribution in [1.82, 2.24) is 9.97 Å². The van der Waals surface area contributed by atoms with Crippen LogP contribution in [0.2, 0.25) is 10.0 Å². The van der Waals surface area contributed by atoms with Crippen LogP contribution in [0.5, 0.6) is 11.6 Å². The molecule has 0 radical (unpaired) electrons. The highest BCUT2D eigenvalue weighted by Crippen LogP contribution is 2.33. The normalized spacial score (nSPS) is 10.7. The number of aromatic nitrogens is 2. The van der Waals surface area contributed by atoms with Crippen LogP contribution in [0.15, 0.2) is 64.7 Å². The second-order valence-electron chi connectivity index (χ2n) is 5.88. The van der Waals surface area contributed by atoms with Crippen LogP contribution in [0.4, 0.5) is 5.69 Å². The summed E-state index contributed by atoms with van der Waals surface area (Å²) >= 11 is 13.4. The van der Waals surface area contributed by atoms with E-state index in [4.69, 9.17) is 32.4 Å². The maximum absolute atomic E-state index is 12.5. The lowest BCUT2D eigenvalue weighted by molar-refractivity contribution is -0.115. The fraction of sp³-hybridized carbons (Fsp3) is 0.0500. The summed E-state index contributed by atoms with van der Waals surface area (Å²) in [5, 5.41) is 6.07. The summed E-state index contributed by atoms with van der Waals surface area (Å²) in [5.74, 6) is 1.05. The number of amides is 1. The zero-order valence-corrected chi connectivity index (χ0v) is 17.1. The van der Waals surface area contributed by atoms with Gasteiger partial charge in [0.25, 0.3) is 0 Å². The van der Waals surface area contributed by atoms with Crippen LogP contribution in [0.1, 0.15) is 5.69 Å². The van der Waals surface area contributed by atoms with Crippen molar-refractivity contribution < 1.29 is 13.9 Å². The Morgan fingerprint density at radius 2 is 2.07 bits per heavy atom. The molecule has 9 heteroatoms. The highest BCUT2D eigenvalue weighted by molar-refractivity contribution is 7.13. The summed E-state index contributed by atoms with van der Waals surface area (Å²) in [6.07, 6.45) is 3.14. The number of nitrogens with zero attached hydrogens (tertiary/aromatic N) is 2. The lowest BCUT2D eigenvalue weighted by Gasteiger charge is -2.12. The Kier molecular flexibility index (Phi) is 5.80. The fourth-order valence-corrected chi connectivity index (χ4v) is 3.71. The molecule has 0 aliphatic carbocycles. The summed E-state index contributed by atoms with van der Waals surface area (Å²) in [7, 11) is 0. The number of furan rings is 1. The number of para-hydroxylation sites is 2. The quantitative estimate of drug-likeness (QED) is 0.389. The van der Waals surface area contributed by atoms with E-state index in [9.17, 15) is 4.79 Å². The molecule has 6 nitrogen and oxygen atoms in total. The minimum absolute atomic E-state index is 0.117. The van der Waals surface area contributed by atoms with Gasteiger partial charge in [-0.1, -0.05) is 35.3 Å². The lowest BCUT2D eigenvalue weighted by atomic mass is 10.2. The van der Waals surface area contributed by atoms with Crippen LogP contribution in [0.25, 0.3) is 10.8 Å². The molecule has 1 aromatic carbocycles. The van der Waals surface area contributed by atoms with E-state index in [1.807, 2.05) is 11.4 Å². The van der Waals surface area contributed by atoms with Crippen LogP contribution in [0, 0.1) is 0 Å². The second-order valence-corrected chi connectivity index (χ2v) is 7.59. The molecule has 0 aliphatic rings. The summed E-state index contributed by atoms with van der Waals surface area (Å²) in [4.78, 5) is 21.0. The minimum atomic E-state index is -0.229. The average Bonchev–Trinajstić information content (AvgIpc) is 3.37. The van der Waals surface area contributed by atoms with Gasteiger partial charge in [0.1, 0.15) is 5.02 Å². The zero-order valence-electron chi connectivity index (χ0n) is 14.8. The summed E-state index contributed by atoms with van der Waals surface area (Å²) in [5.41, 5.74) is 1.14. The van der Waals surface area contributed by atoms with Crippen molar-refractivity contribution in [3.8, 4) is 22.4 Å². The molecule has 4 rings (SSSR count). The molecule has 1 amide bonds. The van der Waals surface area contributed by atoms with Crippen molar-refractivity contribution in [2.24, 2.45) is 0 Å². The van der Waals surface area contributed by atoms with E-state index >= 15 is 0 Å². The van der Waals surface area contributed by atoms with Gasteiger partial charge in [-0.15, -0.1) is 11.3 Å². The molecule has 0 fully saturated rings. The number of carbonyl (C=O) groups is 1. The van der Waals surface area contributed by atoms with Gasteiger partial charge in [0.2, 0.25) is 11.8 Å². The van der Waals surface area contributed by atoms with Gasteiger partial charge >= 0.3 is 0 Å². The van der Waals surface area contributed by atoms with Crippen LogP contribution in [-0.4, -0.2) is 15.9 Å². The van der Waals surface area contributed by atoms with Crippen LogP contribution >= 0.6 is 34.5 Å². The molecule has 3 aromatic heterocycles. The van der Waals surface area contributed by atoms with E-state index in [0.717, 1.165) is 5.01 Å². The van der Waals surface area contributed by atoms with Crippen molar-refractivity contribution >= 4 is 46.1 Å². The molecule has 146 valence electrons. The second kappa shape index (κ2) is 8.65. The number of anilines is 1.